The summed E-state index contributed by atoms with van der Waals surface area (Å²) in [4.78, 5) is 7.81. The molecule has 0 aliphatic heterocycles. The number of ether oxygens (including phenoxy) is 1. The van der Waals surface area contributed by atoms with Crippen LogP contribution < -0.4 is 9.04 Å². The van der Waals surface area contributed by atoms with E-state index in [1.54, 1.807) is 31.4 Å². The molecule has 0 atom stereocenters. The fraction of sp³-hybridized carbons (Fsp3) is 0.154. The molecule has 8 nitrogen and oxygen atoms in total. The largest absolute Gasteiger partial charge is 0.497 e. The average Bonchev–Trinajstić information content (AvgIpc) is 3.26. The van der Waals surface area contributed by atoms with E-state index in [4.69, 9.17) is 4.74 Å². The lowest BCUT2D eigenvalue weighted by Gasteiger charge is -2.21. The number of hydrogen-bond acceptors (Lipinski definition) is 7. The molecular formula is C13H13N5O3S2. The second-order valence-corrected chi connectivity index (χ2v) is 7.00. The SMILES string of the molecule is COc1ccc(CN(c2ncns2)S(=O)(=O)n2ccnc2)cc1. The molecule has 0 unspecified atom stereocenters. The first-order valence-electron chi connectivity index (χ1n) is 6.52. The molecule has 0 aliphatic carbocycles. The summed E-state index contributed by atoms with van der Waals surface area (Å²) in [5, 5.41) is 0.287. The van der Waals surface area contributed by atoms with Crippen molar-refractivity contribution < 1.29 is 13.2 Å². The van der Waals surface area contributed by atoms with Gasteiger partial charge in [0.15, 0.2) is 0 Å². The van der Waals surface area contributed by atoms with Crippen molar-refractivity contribution in [3.63, 3.8) is 0 Å². The van der Waals surface area contributed by atoms with Gasteiger partial charge in [-0.1, -0.05) is 12.1 Å². The van der Waals surface area contributed by atoms with E-state index in [0.29, 0.717) is 5.75 Å². The van der Waals surface area contributed by atoms with Crippen LogP contribution in [0.15, 0.2) is 49.3 Å². The Morgan fingerprint density at radius 1 is 1.30 bits per heavy atom. The molecule has 0 saturated heterocycles. The lowest BCUT2D eigenvalue weighted by atomic mass is 10.2. The molecule has 2 heterocycles. The molecule has 3 rings (SSSR count). The van der Waals surface area contributed by atoms with Crippen molar-refractivity contribution in [2.75, 3.05) is 11.4 Å². The van der Waals surface area contributed by atoms with Crippen molar-refractivity contribution >= 4 is 26.9 Å². The number of aromatic nitrogens is 4. The molecule has 0 radical (unpaired) electrons. The molecule has 1 aromatic carbocycles. The van der Waals surface area contributed by atoms with E-state index in [1.807, 2.05) is 0 Å². The summed E-state index contributed by atoms with van der Waals surface area (Å²) in [6, 6.07) is 7.15. The van der Waals surface area contributed by atoms with E-state index in [1.165, 1.54) is 29.4 Å². The summed E-state index contributed by atoms with van der Waals surface area (Å²) in [6.45, 7) is 0.125. The van der Waals surface area contributed by atoms with E-state index in [9.17, 15) is 8.42 Å². The molecule has 0 amide bonds. The van der Waals surface area contributed by atoms with Gasteiger partial charge < -0.3 is 4.74 Å². The van der Waals surface area contributed by atoms with E-state index >= 15 is 0 Å². The lowest BCUT2D eigenvalue weighted by molar-refractivity contribution is 0.414. The second-order valence-electron chi connectivity index (χ2n) is 4.48. The van der Waals surface area contributed by atoms with E-state index in [2.05, 4.69) is 14.3 Å². The van der Waals surface area contributed by atoms with Gasteiger partial charge in [-0.05, 0) is 17.7 Å². The highest BCUT2D eigenvalue weighted by Crippen LogP contribution is 2.23. The first-order chi connectivity index (χ1) is 11.1. The number of methoxy groups -OCH3 is 1. The predicted octanol–water partition coefficient (Wildman–Crippen LogP) is 1.54. The molecule has 3 aromatic rings. The Hall–Kier alpha value is -2.46. The van der Waals surface area contributed by atoms with Gasteiger partial charge in [-0.2, -0.15) is 12.8 Å². The number of hydrogen-bond donors (Lipinski definition) is 0. The van der Waals surface area contributed by atoms with E-state index in [-0.39, 0.29) is 11.7 Å². The molecule has 120 valence electrons. The maximum Gasteiger partial charge on any atom is 0.333 e. The third-order valence-corrected chi connectivity index (χ3v) is 5.49. The molecule has 0 aliphatic rings. The van der Waals surface area contributed by atoms with Crippen molar-refractivity contribution in [2.24, 2.45) is 0 Å². The van der Waals surface area contributed by atoms with Gasteiger partial charge in [0.05, 0.1) is 13.7 Å². The van der Waals surface area contributed by atoms with Gasteiger partial charge in [0, 0.05) is 23.9 Å². The number of nitrogens with zero attached hydrogens (tertiary/aromatic N) is 5. The van der Waals surface area contributed by atoms with Crippen molar-refractivity contribution in [3.8, 4) is 5.75 Å². The minimum atomic E-state index is -3.83. The number of rotatable bonds is 6. The van der Waals surface area contributed by atoms with Crippen LogP contribution in [-0.2, 0) is 16.8 Å². The summed E-state index contributed by atoms with van der Waals surface area (Å²) in [5.41, 5.74) is 0.796. The van der Waals surface area contributed by atoms with Crippen molar-refractivity contribution in [1.29, 1.82) is 0 Å². The van der Waals surface area contributed by atoms with Crippen LogP contribution in [0.2, 0.25) is 0 Å². The molecular weight excluding hydrogens is 338 g/mol. The number of imidazole rings is 1. The Labute approximate surface area is 137 Å². The molecule has 23 heavy (non-hydrogen) atoms. The minimum Gasteiger partial charge on any atom is -0.497 e. The van der Waals surface area contributed by atoms with Crippen LogP contribution in [0.1, 0.15) is 5.56 Å². The summed E-state index contributed by atoms with van der Waals surface area (Å²) < 4.78 is 36.8. The van der Waals surface area contributed by atoms with Gasteiger partial charge in [-0.3, -0.25) is 0 Å². The predicted molar refractivity (Wildman–Crippen MR) is 85.6 cm³/mol. The van der Waals surface area contributed by atoms with Gasteiger partial charge in [0.25, 0.3) is 0 Å². The van der Waals surface area contributed by atoms with Crippen molar-refractivity contribution in [3.05, 3.63) is 54.9 Å². The van der Waals surface area contributed by atoms with Crippen LogP contribution >= 0.6 is 11.5 Å². The number of anilines is 1. The second kappa shape index (κ2) is 6.34. The van der Waals surface area contributed by atoms with Crippen LogP contribution in [0.25, 0.3) is 0 Å². The molecule has 2 aromatic heterocycles. The van der Waals surface area contributed by atoms with Crippen LogP contribution in [0, 0.1) is 0 Å². The zero-order valence-electron chi connectivity index (χ0n) is 12.1. The lowest BCUT2D eigenvalue weighted by Crippen LogP contribution is -2.34. The maximum atomic E-state index is 12.8. The highest BCUT2D eigenvalue weighted by Gasteiger charge is 2.26. The minimum absolute atomic E-state index is 0.125. The standard InChI is InChI=1S/C13H13N5O3S2/c1-21-12-4-2-11(3-5-12)8-18(13-15-9-16-22-13)23(19,20)17-7-6-14-10-17/h2-7,9-10H,8H2,1H3. The molecule has 0 spiro atoms. The summed E-state index contributed by atoms with van der Waals surface area (Å²) >= 11 is 1.01. The van der Waals surface area contributed by atoms with E-state index in [0.717, 1.165) is 21.1 Å². The van der Waals surface area contributed by atoms with Gasteiger partial charge in [-0.25, -0.2) is 18.2 Å². The van der Waals surface area contributed by atoms with Gasteiger partial charge >= 0.3 is 10.2 Å². The van der Waals surface area contributed by atoms with Crippen molar-refractivity contribution in [1.82, 2.24) is 18.3 Å². The monoisotopic (exact) mass is 351 g/mol. The third kappa shape index (κ3) is 3.17. The first kappa shape index (κ1) is 15.4. The average molecular weight is 351 g/mol. The molecule has 0 fully saturated rings. The number of benzene rings is 1. The first-order valence-corrected chi connectivity index (χ1v) is 8.69. The molecule has 10 heteroatoms. The fourth-order valence-corrected chi connectivity index (χ4v) is 3.91. The van der Waals surface area contributed by atoms with Crippen LogP contribution in [0.4, 0.5) is 5.13 Å². The van der Waals surface area contributed by atoms with Crippen LogP contribution in [0.3, 0.4) is 0 Å². The van der Waals surface area contributed by atoms with Crippen LogP contribution in [0.5, 0.6) is 5.75 Å². The Bertz CT molecular complexity index is 846. The zero-order valence-corrected chi connectivity index (χ0v) is 13.7. The summed E-state index contributed by atoms with van der Waals surface area (Å²) in [6.07, 6.45) is 5.34. The molecule has 0 N–H and O–H groups in total. The molecule has 0 bridgehead atoms. The van der Waals surface area contributed by atoms with Gasteiger partial charge in [-0.15, -0.1) is 0 Å². The highest BCUT2D eigenvalue weighted by atomic mass is 32.2. The Kier molecular flexibility index (Phi) is 4.26. The van der Waals surface area contributed by atoms with Gasteiger partial charge in [0.2, 0.25) is 5.13 Å². The third-order valence-electron chi connectivity index (χ3n) is 3.07. The normalized spacial score (nSPS) is 11.3. The van der Waals surface area contributed by atoms with Crippen molar-refractivity contribution in [2.45, 2.75) is 6.54 Å². The highest BCUT2D eigenvalue weighted by molar-refractivity contribution is 7.91. The topological polar surface area (TPSA) is 90.2 Å². The van der Waals surface area contributed by atoms with Gasteiger partial charge in [0.1, 0.15) is 18.4 Å². The molecule has 0 saturated carbocycles. The summed E-state index contributed by atoms with van der Waals surface area (Å²) in [5.74, 6) is 0.702. The van der Waals surface area contributed by atoms with Crippen LogP contribution in [-0.4, -0.2) is 33.8 Å². The zero-order chi connectivity index (χ0) is 16.3. The van der Waals surface area contributed by atoms with E-state index < -0.39 is 10.2 Å². The Morgan fingerprint density at radius 3 is 2.65 bits per heavy atom. The smallest absolute Gasteiger partial charge is 0.333 e. The fourth-order valence-electron chi connectivity index (χ4n) is 1.92. The Balaban J connectivity index is 1.96. The summed E-state index contributed by atoms with van der Waals surface area (Å²) in [7, 11) is -2.25. The Morgan fingerprint density at radius 2 is 2.09 bits per heavy atom. The maximum absolute atomic E-state index is 12.8. The quantitative estimate of drug-likeness (QED) is 0.669.